The van der Waals surface area contributed by atoms with Gasteiger partial charge >= 0.3 is 11.8 Å². The maximum absolute atomic E-state index is 12.7. The van der Waals surface area contributed by atoms with E-state index >= 15 is 0 Å². The van der Waals surface area contributed by atoms with Crippen LogP contribution >= 0.6 is 46.4 Å². The molecule has 446 valence electrons. The minimum atomic E-state index is -4.46. The number of hydrogen-bond donors (Lipinski definition) is 4. The number of carbonyl (C=O) groups excluding carboxylic acids is 4. The highest BCUT2D eigenvalue weighted by Crippen LogP contribution is 2.35. The van der Waals surface area contributed by atoms with Crippen molar-refractivity contribution in [2.75, 3.05) is 5.32 Å². The lowest BCUT2D eigenvalue weighted by molar-refractivity contribution is -0.383. The van der Waals surface area contributed by atoms with Crippen LogP contribution < -0.4 is 44.8 Å². The summed E-state index contributed by atoms with van der Waals surface area (Å²) < 4.78 is 46.0. The lowest BCUT2D eigenvalue weighted by atomic mass is 10.1. The number of pyridine rings is 3. The number of aromatic nitrogens is 3. The number of hydrogen-bond acceptors (Lipinski definition) is 15. The number of benzene rings is 5. The number of carbonyl (C=O) groups is 4. The van der Waals surface area contributed by atoms with E-state index in [9.17, 15) is 81.9 Å². The third-order valence-electron chi connectivity index (χ3n) is 12.9. The predicted molar refractivity (Wildman–Crippen MR) is 313 cm³/mol. The van der Waals surface area contributed by atoms with Crippen molar-refractivity contribution in [3.05, 3.63) is 225 Å². The molecule has 4 amide bonds. The zero-order chi connectivity index (χ0) is 64.0. The van der Waals surface area contributed by atoms with Crippen molar-refractivity contribution in [3.8, 4) is 0 Å². The molecule has 0 fully saturated rings. The summed E-state index contributed by atoms with van der Waals surface area (Å²) in [5.41, 5.74) is 12.2. The number of anilines is 1. The number of nitro benzene ring substituents is 3. The number of amides is 4. The first-order valence-corrected chi connectivity index (χ1v) is 25.8. The third kappa shape index (κ3) is 14.1. The van der Waals surface area contributed by atoms with Crippen molar-refractivity contribution in [2.45, 2.75) is 51.5 Å². The maximum Gasteiger partial charge on any atom is 0.416 e. The second kappa shape index (κ2) is 26.7. The molecule has 86 heavy (non-hydrogen) atoms. The Kier molecular flexibility index (Phi) is 20.2. The molecule has 0 saturated carbocycles. The molecule has 9 aromatic rings. The second-order valence-corrected chi connectivity index (χ2v) is 19.8. The Morgan fingerprint density at radius 1 is 0.512 bits per heavy atom. The molecule has 7 N–H and O–H groups in total. The van der Waals surface area contributed by atoms with Gasteiger partial charge in [-0.1, -0.05) is 58.5 Å². The first kappa shape index (κ1) is 65.1. The largest absolute Gasteiger partial charge is 0.431 e. The minimum Gasteiger partial charge on any atom is -0.431 e. The normalized spacial score (nSPS) is 12.1. The number of primary amides is 3. The lowest BCUT2D eigenvalue weighted by Gasteiger charge is -2.15. The van der Waals surface area contributed by atoms with Crippen molar-refractivity contribution in [3.63, 3.8) is 0 Å². The third-order valence-corrected chi connectivity index (χ3v) is 14.1. The van der Waals surface area contributed by atoms with Crippen LogP contribution in [0.25, 0.3) is 43.1 Å². The first-order chi connectivity index (χ1) is 40.3. The van der Waals surface area contributed by atoms with E-state index in [4.69, 9.17) is 63.6 Å². The summed E-state index contributed by atoms with van der Waals surface area (Å²) in [5.74, 6) is -2.55. The number of nitro groups is 3. The number of fused-ring (bicyclic) bond motifs is 4. The number of rotatable bonds is 12. The zero-order valence-electron chi connectivity index (χ0n) is 44.2. The molecule has 0 saturated heterocycles. The fraction of sp³-hybridized carbons (Fsp3) is 0.148. The van der Waals surface area contributed by atoms with Crippen molar-refractivity contribution >= 4 is 136 Å². The number of nitrogens with two attached hydrogens (primary N) is 3. The number of alkyl halides is 3. The topological polar surface area (TPSA) is 384 Å². The molecule has 0 spiro atoms. The van der Waals surface area contributed by atoms with Gasteiger partial charge in [0.1, 0.15) is 33.2 Å². The average Bonchev–Trinajstić information content (AvgIpc) is 1.06. The Hall–Kier alpha value is -10.0. The van der Waals surface area contributed by atoms with E-state index in [1.807, 2.05) is 0 Å². The molecule has 4 aromatic heterocycles. The van der Waals surface area contributed by atoms with Gasteiger partial charge in [-0.05, 0) is 111 Å². The number of nitrogens with one attached hydrogen (secondary N) is 1. The first-order valence-electron chi connectivity index (χ1n) is 24.3. The molecule has 25 nitrogen and oxygen atoms in total. The molecule has 3 atom stereocenters. The van der Waals surface area contributed by atoms with Crippen molar-refractivity contribution < 1.29 is 51.5 Å². The molecule has 5 aromatic carbocycles. The van der Waals surface area contributed by atoms with Crippen LogP contribution in [-0.4, -0.2) is 52.1 Å². The van der Waals surface area contributed by atoms with E-state index in [1.165, 1.54) is 129 Å². The van der Waals surface area contributed by atoms with Crippen LogP contribution in [0.5, 0.6) is 0 Å². The molecular weight excluding hydrogens is 1230 g/mol. The number of halogens is 7. The van der Waals surface area contributed by atoms with E-state index in [1.54, 1.807) is 0 Å². The van der Waals surface area contributed by atoms with Gasteiger partial charge in [0.05, 0.1) is 76.0 Å². The van der Waals surface area contributed by atoms with Gasteiger partial charge in [0.2, 0.25) is 23.6 Å². The molecule has 0 aliphatic heterocycles. The van der Waals surface area contributed by atoms with Gasteiger partial charge in [-0.15, -0.1) is 0 Å². The smallest absolute Gasteiger partial charge is 0.416 e. The molecule has 0 aliphatic rings. The highest BCUT2D eigenvalue weighted by Gasteiger charge is 2.30. The van der Waals surface area contributed by atoms with Crippen LogP contribution in [0.1, 0.15) is 50.0 Å². The minimum absolute atomic E-state index is 0.00176. The predicted octanol–water partition coefficient (Wildman–Crippen LogP) is 9.47. The van der Waals surface area contributed by atoms with E-state index in [0.29, 0.717) is 10.9 Å². The van der Waals surface area contributed by atoms with Gasteiger partial charge in [-0.3, -0.25) is 63.9 Å². The van der Waals surface area contributed by atoms with Gasteiger partial charge in [-0.2, -0.15) is 13.2 Å². The maximum atomic E-state index is 12.7. The molecule has 0 aliphatic carbocycles. The summed E-state index contributed by atoms with van der Waals surface area (Å²) in [7, 11) is 0. The summed E-state index contributed by atoms with van der Waals surface area (Å²) in [6.45, 7) is 4.43. The van der Waals surface area contributed by atoms with Crippen LogP contribution in [0.15, 0.2) is 146 Å². The monoisotopic (exact) mass is 1270 g/mol. The summed E-state index contributed by atoms with van der Waals surface area (Å²) in [4.78, 5) is 126. The summed E-state index contributed by atoms with van der Waals surface area (Å²) >= 11 is 23.4. The Balaban J connectivity index is 0.000000190. The highest BCUT2D eigenvalue weighted by molar-refractivity contribution is 6.36. The van der Waals surface area contributed by atoms with Crippen molar-refractivity contribution in [1.29, 1.82) is 0 Å². The van der Waals surface area contributed by atoms with Crippen LogP contribution in [0.2, 0.25) is 20.1 Å². The van der Waals surface area contributed by atoms with Crippen molar-refractivity contribution in [2.24, 2.45) is 17.2 Å². The Bertz CT molecular complexity index is 4390. The summed E-state index contributed by atoms with van der Waals surface area (Å²) in [6.07, 6.45) is 0.416. The summed E-state index contributed by atoms with van der Waals surface area (Å²) in [6, 6.07) is 18.2. The van der Waals surface area contributed by atoms with Crippen LogP contribution in [0, 0.1) is 30.3 Å². The van der Waals surface area contributed by atoms with Gasteiger partial charge in [0.15, 0.2) is 0 Å². The van der Waals surface area contributed by atoms with Gasteiger partial charge < -0.3 is 40.6 Å². The van der Waals surface area contributed by atoms with E-state index < -0.39 is 90.6 Å². The lowest BCUT2D eigenvalue weighted by Crippen LogP contribution is -2.31. The molecule has 32 heteroatoms. The van der Waals surface area contributed by atoms with E-state index in [-0.39, 0.29) is 87.0 Å². The van der Waals surface area contributed by atoms with Gasteiger partial charge in [0, 0.05) is 29.4 Å². The molecule has 0 unspecified atom stereocenters. The SMILES string of the molecule is C[C@@H](C(N)=O)n1ccc2c(NC(=O)Cc3ccc(C(F)(F)F)cc3)c(Cl)ccc2c1=O.C[C@@H](C(N)=O)n1ccc2c([N+](=O)[O-])c(Cl)ccc2c1=O.C[C@@H](C(N)=O)n1ccc2c([N+](=O)[O-])c(Cl)ccc2c1=O.O=c1occc2c([N+](=O)[O-])c(Cl)ccc12. The highest BCUT2D eigenvalue weighted by atomic mass is 35.5. The fourth-order valence-corrected chi connectivity index (χ4v) is 9.17. The van der Waals surface area contributed by atoms with Crippen LogP contribution in [0.4, 0.5) is 35.9 Å². The standard InChI is InChI=1S/C21H17ClF3N3O3.2C12H10ClN3O4.C9H4ClNO4/c1-11(19(26)30)28-9-8-14-15(20(28)31)6-7-16(22)18(14)27-17(29)10-12-2-4-13(5-3-12)21(23,24)25;2*1-6(11(14)17)15-5-4-7-8(12(15)18)2-3-9(13)10(7)16(19)20;10-7-2-1-6-5(8(7)11(13)14)3-4-15-9(6)12/h2-9,11H,10H2,1H3,(H2,26,30)(H,27,29);2*2-6H,1H3,(H2,14,17);1-4H/t11-;2*6-;/m000./s1. The summed E-state index contributed by atoms with van der Waals surface area (Å²) in [5, 5.41) is 36.8. The Morgan fingerprint density at radius 3 is 1.21 bits per heavy atom. The zero-order valence-corrected chi connectivity index (χ0v) is 47.2. The molecule has 0 radical (unpaired) electrons. The van der Waals surface area contributed by atoms with Crippen LogP contribution in [-0.2, 0) is 31.8 Å². The molecular formula is C54H41Cl4F3N10O15. The van der Waals surface area contributed by atoms with Crippen molar-refractivity contribution in [1.82, 2.24) is 13.7 Å². The van der Waals surface area contributed by atoms with Gasteiger partial charge in [0.25, 0.3) is 33.7 Å². The fourth-order valence-electron chi connectivity index (χ4n) is 8.26. The quantitative estimate of drug-likeness (QED) is 0.0653. The van der Waals surface area contributed by atoms with E-state index in [0.717, 1.165) is 27.5 Å². The molecule has 9 rings (SSSR count). The molecule has 0 bridgehead atoms. The Morgan fingerprint density at radius 2 is 0.849 bits per heavy atom. The molecule has 4 heterocycles. The van der Waals surface area contributed by atoms with E-state index in [2.05, 4.69) is 9.73 Å². The number of nitrogens with zero attached hydrogens (tertiary/aromatic N) is 6. The second-order valence-electron chi connectivity index (χ2n) is 18.2. The Labute approximate surface area is 497 Å². The average molecular weight is 1270 g/mol. The van der Waals surface area contributed by atoms with Crippen LogP contribution in [0.3, 0.4) is 0 Å². The van der Waals surface area contributed by atoms with Gasteiger partial charge in [-0.25, -0.2) is 4.79 Å².